The van der Waals surface area contributed by atoms with Gasteiger partial charge in [0, 0.05) is 12.1 Å². The van der Waals surface area contributed by atoms with Crippen molar-refractivity contribution >= 4 is 5.82 Å². The zero-order valence-electron chi connectivity index (χ0n) is 16.0. The molecule has 0 aliphatic rings. The molecule has 0 amide bonds. The maximum atomic E-state index is 14.5. The minimum absolute atomic E-state index is 0.0513. The molecule has 8 heteroatoms. The van der Waals surface area contributed by atoms with Crippen molar-refractivity contribution in [2.45, 2.75) is 13.5 Å². The molecular formula is C21H19FN6O. The molecule has 4 rings (SSSR count). The van der Waals surface area contributed by atoms with Crippen molar-refractivity contribution in [2.75, 3.05) is 12.8 Å². The zero-order valence-corrected chi connectivity index (χ0v) is 16.0. The lowest BCUT2D eigenvalue weighted by atomic mass is 10.1. The van der Waals surface area contributed by atoms with Gasteiger partial charge in [0.25, 0.3) is 11.8 Å². The van der Waals surface area contributed by atoms with Crippen molar-refractivity contribution in [2.24, 2.45) is 0 Å². The summed E-state index contributed by atoms with van der Waals surface area (Å²) in [5, 5.41) is 10.9. The van der Waals surface area contributed by atoms with E-state index in [1.165, 1.54) is 6.07 Å². The fourth-order valence-corrected chi connectivity index (χ4v) is 2.89. The molecule has 0 spiro atoms. The van der Waals surface area contributed by atoms with Crippen molar-refractivity contribution in [3.8, 4) is 34.3 Å². The van der Waals surface area contributed by atoms with Crippen LogP contribution in [0.2, 0.25) is 0 Å². The quantitative estimate of drug-likeness (QED) is 0.536. The Balaban J connectivity index is 1.69. The zero-order chi connectivity index (χ0) is 20.4. The summed E-state index contributed by atoms with van der Waals surface area (Å²) in [6.07, 6.45) is 1.58. The van der Waals surface area contributed by atoms with E-state index in [9.17, 15) is 4.39 Å². The lowest BCUT2D eigenvalue weighted by Crippen LogP contribution is -2.05. The molecule has 0 saturated carbocycles. The van der Waals surface area contributed by atoms with Crippen LogP contribution in [0.3, 0.4) is 0 Å². The average Bonchev–Trinajstić information content (AvgIpc) is 3.19. The Labute approximate surface area is 166 Å². The number of anilines is 1. The predicted molar refractivity (Wildman–Crippen MR) is 108 cm³/mol. The van der Waals surface area contributed by atoms with Crippen LogP contribution in [0.5, 0.6) is 0 Å². The van der Waals surface area contributed by atoms with Gasteiger partial charge in [-0.3, -0.25) is 0 Å². The van der Waals surface area contributed by atoms with E-state index < -0.39 is 5.82 Å². The first kappa shape index (κ1) is 18.7. The van der Waals surface area contributed by atoms with E-state index in [4.69, 9.17) is 10.2 Å². The van der Waals surface area contributed by atoms with Gasteiger partial charge in [-0.1, -0.05) is 35.9 Å². The Kier molecular flexibility index (Phi) is 5.01. The summed E-state index contributed by atoms with van der Waals surface area (Å²) in [5.74, 6) is -0.158. The first-order valence-electron chi connectivity index (χ1n) is 9.02. The third kappa shape index (κ3) is 3.83. The van der Waals surface area contributed by atoms with Crippen LogP contribution in [-0.4, -0.2) is 27.2 Å². The molecule has 2 aromatic carbocycles. The Bertz CT molecular complexity index is 1160. The highest BCUT2D eigenvalue weighted by atomic mass is 19.1. The van der Waals surface area contributed by atoms with Gasteiger partial charge in [0.2, 0.25) is 0 Å². The first-order chi connectivity index (χ1) is 14.0. The number of hydrogen-bond donors (Lipinski definition) is 2. The van der Waals surface area contributed by atoms with Gasteiger partial charge in [-0.25, -0.2) is 14.4 Å². The highest BCUT2D eigenvalue weighted by Gasteiger charge is 2.18. The molecule has 2 heterocycles. The number of nitrogen functional groups attached to an aromatic ring is 1. The van der Waals surface area contributed by atoms with Crippen LogP contribution in [-0.2, 0) is 6.54 Å². The van der Waals surface area contributed by atoms with Gasteiger partial charge in [0.05, 0.1) is 17.5 Å². The summed E-state index contributed by atoms with van der Waals surface area (Å²) >= 11 is 0. The minimum Gasteiger partial charge on any atom is -0.414 e. The van der Waals surface area contributed by atoms with Crippen molar-refractivity contribution in [1.29, 1.82) is 0 Å². The summed E-state index contributed by atoms with van der Waals surface area (Å²) in [6, 6.07) is 12.7. The van der Waals surface area contributed by atoms with Gasteiger partial charge in [0.15, 0.2) is 11.5 Å². The van der Waals surface area contributed by atoms with E-state index in [-0.39, 0.29) is 28.9 Å². The summed E-state index contributed by atoms with van der Waals surface area (Å²) in [6.45, 7) is 2.57. The van der Waals surface area contributed by atoms with E-state index in [1.54, 1.807) is 25.4 Å². The van der Waals surface area contributed by atoms with Crippen molar-refractivity contribution < 1.29 is 8.81 Å². The smallest absolute Gasteiger partial charge is 0.270 e. The normalized spacial score (nSPS) is 11.0. The summed E-state index contributed by atoms with van der Waals surface area (Å²) < 4.78 is 20.1. The highest BCUT2D eigenvalue weighted by Crippen LogP contribution is 2.29. The molecule has 146 valence electrons. The second-order valence-corrected chi connectivity index (χ2v) is 6.61. The monoisotopic (exact) mass is 390 g/mol. The number of aryl methyl sites for hydroxylation is 1. The lowest BCUT2D eigenvalue weighted by Gasteiger charge is -2.05. The molecule has 0 bridgehead atoms. The molecule has 0 atom stereocenters. The van der Waals surface area contributed by atoms with Crippen LogP contribution >= 0.6 is 0 Å². The van der Waals surface area contributed by atoms with Crippen molar-refractivity contribution in [3.05, 3.63) is 65.6 Å². The Morgan fingerprint density at radius 3 is 2.55 bits per heavy atom. The van der Waals surface area contributed by atoms with Crippen LogP contribution < -0.4 is 11.1 Å². The molecule has 0 aliphatic carbocycles. The Morgan fingerprint density at radius 1 is 1.07 bits per heavy atom. The van der Waals surface area contributed by atoms with Gasteiger partial charge in [-0.15, -0.1) is 10.2 Å². The molecule has 29 heavy (non-hydrogen) atoms. The summed E-state index contributed by atoms with van der Waals surface area (Å²) in [5.41, 5.74) is 9.90. The molecule has 4 aromatic rings. The second-order valence-electron chi connectivity index (χ2n) is 6.61. The number of nitrogens with two attached hydrogens (primary N) is 1. The number of nitrogens with zero attached hydrogens (tertiary/aromatic N) is 4. The number of aromatic nitrogens is 4. The van der Waals surface area contributed by atoms with Crippen LogP contribution in [0.15, 0.2) is 53.1 Å². The molecule has 0 fully saturated rings. The van der Waals surface area contributed by atoms with Gasteiger partial charge < -0.3 is 15.5 Å². The molecule has 7 nitrogen and oxygen atoms in total. The molecule has 3 N–H and O–H groups in total. The summed E-state index contributed by atoms with van der Waals surface area (Å²) in [4.78, 5) is 8.72. The number of nitrogens with one attached hydrogen (secondary N) is 1. The Hall–Kier alpha value is -3.65. The minimum atomic E-state index is -0.444. The highest BCUT2D eigenvalue weighted by molar-refractivity contribution is 5.69. The average molecular weight is 390 g/mol. The fourth-order valence-electron chi connectivity index (χ4n) is 2.89. The maximum absolute atomic E-state index is 14.5. The van der Waals surface area contributed by atoms with E-state index in [1.807, 2.05) is 31.2 Å². The van der Waals surface area contributed by atoms with Crippen molar-refractivity contribution in [3.63, 3.8) is 0 Å². The molecule has 0 saturated heterocycles. The Morgan fingerprint density at radius 2 is 1.83 bits per heavy atom. The molecular weight excluding hydrogens is 371 g/mol. The van der Waals surface area contributed by atoms with E-state index in [2.05, 4.69) is 25.5 Å². The number of rotatable bonds is 5. The second kappa shape index (κ2) is 7.76. The number of benzene rings is 2. The standard InChI is InChI=1S/C21H19FN6O/c1-12-3-6-14(7-4-12)17-11-25-19(23)18(26-17)21-28-27-20(29-21)15-8-5-13(10-24-2)9-16(15)22/h3-9,11,24H,10H2,1-2H3,(H2,23,25). The molecule has 2 aromatic heterocycles. The van der Waals surface area contributed by atoms with E-state index in [0.717, 1.165) is 16.7 Å². The van der Waals surface area contributed by atoms with Gasteiger partial charge in [-0.2, -0.15) is 0 Å². The third-order valence-electron chi connectivity index (χ3n) is 4.42. The van der Waals surface area contributed by atoms with Crippen LogP contribution in [0.25, 0.3) is 34.3 Å². The SMILES string of the molecule is CNCc1ccc(-c2nnc(-c3nc(-c4ccc(C)cc4)cnc3N)o2)c(F)c1. The van der Waals surface area contributed by atoms with Gasteiger partial charge in [-0.05, 0) is 31.7 Å². The topological polar surface area (TPSA) is 103 Å². The third-order valence-corrected chi connectivity index (χ3v) is 4.42. The van der Waals surface area contributed by atoms with Crippen LogP contribution in [0, 0.1) is 12.7 Å². The largest absolute Gasteiger partial charge is 0.414 e. The molecule has 0 radical (unpaired) electrons. The molecule has 0 aliphatic heterocycles. The molecule has 0 unspecified atom stereocenters. The van der Waals surface area contributed by atoms with E-state index >= 15 is 0 Å². The van der Waals surface area contributed by atoms with Crippen LogP contribution in [0.4, 0.5) is 10.2 Å². The first-order valence-corrected chi connectivity index (χ1v) is 9.02. The lowest BCUT2D eigenvalue weighted by molar-refractivity contribution is 0.568. The van der Waals surface area contributed by atoms with E-state index in [0.29, 0.717) is 12.2 Å². The van der Waals surface area contributed by atoms with Gasteiger partial charge >= 0.3 is 0 Å². The fraction of sp³-hybridized carbons (Fsp3) is 0.143. The number of halogens is 1. The summed E-state index contributed by atoms with van der Waals surface area (Å²) in [7, 11) is 1.80. The predicted octanol–water partition coefficient (Wildman–Crippen LogP) is 3.61. The van der Waals surface area contributed by atoms with Crippen molar-refractivity contribution in [1.82, 2.24) is 25.5 Å². The number of hydrogen-bond acceptors (Lipinski definition) is 7. The van der Waals surface area contributed by atoms with Crippen LogP contribution in [0.1, 0.15) is 11.1 Å². The van der Waals surface area contributed by atoms with Gasteiger partial charge in [0.1, 0.15) is 5.82 Å². The maximum Gasteiger partial charge on any atom is 0.270 e.